The fourth-order valence-electron chi connectivity index (χ4n) is 1.53. The van der Waals surface area contributed by atoms with Gasteiger partial charge < -0.3 is 10.0 Å². The molecule has 1 aromatic rings. The van der Waals surface area contributed by atoms with Crippen molar-refractivity contribution in [1.82, 2.24) is 4.90 Å². The monoisotopic (exact) mass is 277 g/mol. The topological polar surface area (TPSA) is 40.5 Å². The number of hydrogen-bond acceptors (Lipinski definition) is 2. The molecule has 0 fully saturated rings. The third kappa shape index (κ3) is 4.23. The quantitative estimate of drug-likeness (QED) is 0.809. The Kier molecular flexibility index (Phi) is 6.01. The Hall–Kier alpha value is -1.20. The van der Waals surface area contributed by atoms with Crippen molar-refractivity contribution in [2.24, 2.45) is 0 Å². The summed E-state index contributed by atoms with van der Waals surface area (Å²) in [6, 6.07) is 6.48. The van der Waals surface area contributed by atoms with Crippen molar-refractivity contribution >= 4 is 17.5 Å². The van der Waals surface area contributed by atoms with Gasteiger partial charge in [0.15, 0.2) is 0 Å². The van der Waals surface area contributed by atoms with Crippen LogP contribution in [0.15, 0.2) is 24.3 Å². The molecule has 0 saturated carbocycles. The summed E-state index contributed by atoms with van der Waals surface area (Å²) < 4.78 is 24.7. The molecule has 100 valence electrons. The molecule has 0 spiro atoms. The average molecular weight is 278 g/mol. The van der Waals surface area contributed by atoms with Crippen LogP contribution >= 0.6 is 11.6 Å². The highest BCUT2D eigenvalue weighted by atomic mass is 35.5. The van der Waals surface area contributed by atoms with Crippen LogP contribution in [0.5, 0.6) is 0 Å². The van der Waals surface area contributed by atoms with Gasteiger partial charge in [0.1, 0.15) is 0 Å². The van der Waals surface area contributed by atoms with Gasteiger partial charge in [0.2, 0.25) is 0 Å². The zero-order valence-corrected chi connectivity index (χ0v) is 10.4. The number of aliphatic hydroxyl groups excluding tert-OH is 1. The Morgan fingerprint density at radius 2 is 2.17 bits per heavy atom. The number of carbonyl (C=O) groups excluding carboxylic acids is 1. The largest absolute Gasteiger partial charge is 0.395 e. The first kappa shape index (κ1) is 14.9. The number of nitrogens with zero attached hydrogens (tertiary/aromatic N) is 1. The maximum atomic E-state index is 12.3. The van der Waals surface area contributed by atoms with Crippen LogP contribution in [0.3, 0.4) is 0 Å². The normalized spacial score (nSPS) is 10.7. The molecule has 1 rings (SSSR count). The molecule has 18 heavy (non-hydrogen) atoms. The summed E-state index contributed by atoms with van der Waals surface area (Å²) in [5.74, 6) is -0.285. The van der Waals surface area contributed by atoms with E-state index < -0.39 is 18.9 Å². The Morgan fingerprint density at radius 3 is 2.72 bits per heavy atom. The lowest BCUT2D eigenvalue weighted by molar-refractivity contribution is 0.0509. The molecule has 0 unspecified atom stereocenters. The van der Waals surface area contributed by atoms with E-state index in [4.69, 9.17) is 16.7 Å². The Labute approximate surface area is 109 Å². The van der Waals surface area contributed by atoms with Gasteiger partial charge in [-0.3, -0.25) is 4.79 Å². The van der Waals surface area contributed by atoms with Gasteiger partial charge in [0.25, 0.3) is 12.3 Å². The van der Waals surface area contributed by atoms with Gasteiger partial charge in [0.05, 0.1) is 13.2 Å². The number of carbonyl (C=O) groups is 1. The van der Waals surface area contributed by atoms with Crippen molar-refractivity contribution < 1.29 is 18.7 Å². The molecule has 0 heterocycles. The second-order valence-corrected chi connectivity index (χ2v) is 3.97. The summed E-state index contributed by atoms with van der Waals surface area (Å²) in [7, 11) is 0. The lowest BCUT2D eigenvalue weighted by atomic mass is 10.1. The van der Waals surface area contributed by atoms with Gasteiger partial charge in [0, 0.05) is 18.0 Å². The van der Waals surface area contributed by atoms with Crippen LogP contribution in [0.4, 0.5) is 8.78 Å². The van der Waals surface area contributed by atoms with Gasteiger partial charge in [-0.1, -0.05) is 12.1 Å². The van der Waals surface area contributed by atoms with Crippen LogP contribution < -0.4 is 0 Å². The minimum absolute atomic E-state index is 0.117. The lowest BCUT2D eigenvalue weighted by Gasteiger charge is -2.21. The standard InChI is InChI=1S/C12H14ClF2NO2/c13-7-9-2-1-3-10(6-9)12(18)16(4-5-17)8-11(14)15/h1-3,6,11,17H,4-5,7-8H2. The number of halogens is 3. The average Bonchev–Trinajstić information content (AvgIpc) is 2.37. The van der Waals surface area contributed by atoms with Crippen molar-refractivity contribution in [2.45, 2.75) is 12.3 Å². The van der Waals surface area contributed by atoms with Crippen LogP contribution in [-0.4, -0.2) is 42.0 Å². The van der Waals surface area contributed by atoms with E-state index in [-0.39, 0.29) is 19.0 Å². The SMILES string of the molecule is O=C(c1cccc(CCl)c1)N(CCO)CC(F)F. The van der Waals surface area contributed by atoms with E-state index in [1.54, 1.807) is 18.2 Å². The molecular formula is C12H14ClF2NO2. The second kappa shape index (κ2) is 7.28. The van der Waals surface area contributed by atoms with E-state index in [9.17, 15) is 13.6 Å². The summed E-state index contributed by atoms with van der Waals surface area (Å²) in [5.41, 5.74) is 1.03. The molecule has 0 aliphatic rings. The predicted octanol–water partition coefficient (Wildman–Crippen LogP) is 2.12. The lowest BCUT2D eigenvalue weighted by Crippen LogP contribution is -2.37. The van der Waals surface area contributed by atoms with E-state index in [0.29, 0.717) is 5.56 Å². The maximum Gasteiger partial charge on any atom is 0.255 e. The second-order valence-electron chi connectivity index (χ2n) is 3.70. The molecule has 0 bridgehead atoms. The van der Waals surface area contributed by atoms with Gasteiger partial charge in [-0.25, -0.2) is 8.78 Å². The summed E-state index contributed by atoms with van der Waals surface area (Å²) in [5, 5.41) is 8.79. The molecule has 0 aliphatic carbocycles. The number of benzene rings is 1. The molecule has 0 radical (unpaired) electrons. The molecule has 3 nitrogen and oxygen atoms in total. The number of amides is 1. The first-order valence-corrected chi connectivity index (χ1v) is 5.95. The van der Waals surface area contributed by atoms with E-state index in [0.717, 1.165) is 10.5 Å². The highest BCUT2D eigenvalue weighted by Crippen LogP contribution is 2.11. The molecule has 6 heteroatoms. The van der Waals surface area contributed by atoms with Gasteiger partial charge >= 0.3 is 0 Å². The Bertz CT molecular complexity index is 401. The van der Waals surface area contributed by atoms with Crippen molar-refractivity contribution in [3.05, 3.63) is 35.4 Å². The van der Waals surface area contributed by atoms with Crippen molar-refractivity contribution in [3.63, 3.8) is 0 Å². The van der Waals surface area contributed by atoms with Gasteiger partial charge in [-0.2, -0.15) is 0 Å². The third-order valence-corrected chi connectivity index (χ3v) is 2.65. The molecule has 1 N–H and O–H groups in total. The number of alkyl halides is 3. The number of aliphatic hydroxyl groups is 1. The fourth-order valence-corrected chi connectivity index (χ4v) is 1.70. The van der Waals surface area contributed by atoms with Crippen molar-refractivity contribution in [1.29, 1.82) is 0 Å². The maximum absolute atomic E-state index is 12.3. The number of rotatable bonds is 6. The van der Waals surface area contributed by atoms with Crippen LogP contribution in [0.1, 0.15) is 15.9 Å². The van der Waals surface area contributed by atoms with Gasteiger partial charge in [-0.15, -0.1) is 11.6 Å². The first-order valence-electron chi connectivity index (χ1n) is 5.41. The molecular weight excluding hydrogens is 264 g/mol. The number of hydrogen-bond donors (Lipinski definition) is 1. The van der Waals surface area contributed by atoms with Crippen molar-refractivity contribution in [2.75, 3.05) is 19.7 Å². The first-order chi connectivity index (χ1) is 8.58. The highest BCUT2D eigenvalue weighted by Gasteiger charge is 2.19. The highest BCUT2D eigenvalue weighted by molar-refractivity contribution is 6.17. The zero-order valence-electron chi connectivity index (χ0n) is 9.65. The fraction of sp³-hybridized carbons (Fsp3) is 0.417. The molecule has 1 amide bonds. The molecule has 0 saturated heterocycles. The van der Waals surface area contributed by atoms with Gasteiger partial charge in [-0.05, 0) is 17.7 Å². The minimum Gasteiger partial charge on any atom is -0.395 e. The smallest absolute Gasteiger partial charge is 0.255 e. The van der Waals surface area contributed by atoms with Crippen LogP contribution in [0.25, 0.3) is 0 Å². The molecule has 0 aromatic heterocycles. The molecule has 0 atom stereocenters. The summed E-state index contributed by atoms with van der Waals surface area (Å²) in [4.78, 5) is 12.9. The van der Waals surface area contributed by atoms with E-state index >= 15 is 0 Å². The van der Waals surface area contributed by atoms with E-state index in [2.05, 4.69) is 0 Å². The predicted molar refractivity (Wildman–Crippen MR) is 65.0 cm³/mol. The summed E-state index contributed by atoms with van der Waals surface area (Å²) in [6.07, 6.45) is -2.63. The Balaban J connectivity index is 2.86. The van der Waals surface area contributed by atoms with Crippen LogP contribution in [0, 0.1) is 0 Å². The van der Waals surface area contributed by atoms with E-state index in [1.807, 2.05) is 0 Å². The molecule has 1 aromatic carbocycles. The van der Waals surface area contributed by atoms with Crippen LogP contribution in [0.2, 0.25) is 0 Å². The third-order valence-electron chi connectivity index (χ3n) is 2.34. The summed E-state index contributed by atoms with van der Waals surface area (Å²) >= 11 is 5.64. The minimum atomic E-state index is -2.63. The van der Waals surface area contributed by atoms with Crippen LogP contribution in [-0.2, 0) is 5.88 Å². The van der Waals surface area contributed by atoms with Crippen molar-refractivity contribution in [3.8, 4) is 0 Å². The zero-order chi connectivity index (χ0) is 13.5. The Morgan fingerprint density at radius 1 is 1.44 bits per heavy atom. The summed E-state index contributed by atoms with van der Waals surface area (Å²) in [6.45, 7) is -1.16. The van der Waals surface area contributed by atoms with E-state index in [1.165, 1.54) is 6.07 Å². The molecule has 0 aliphatic heterocycles.